The van der Waals surface area contributed by atoms with Gasteiger partial charge in [0.15, 0.2) is 0 Å². The van der Waals surface area contributed by atoms with Crippen molar-refractivity contribution in [1.29, 1.82) is 0 Å². The quantitative estimate of drug-likeness (QED) is 0.301. The monoisotopic (exact) mass is 210 g/mol. The Kier molecular flexibility index (Phi) is 11500. The summed E-state index contributed by atoms with van der Waals surface area (Å²) in [6.45, 7) is 18.0. The Bertz CT molecular complexity index is 55.5. The average Bonchev–Trinajstić information content (AvgIpc) is 2.03. The van der Waals surface area contributed by atoms with Crippen molar-refractivity contribution in [3.05, 3.63) is 26.6 Å². The van der Waals surface area contributed by atoms with Crippen LogP contribution in [-0.4, -0.2) is 0 Å². The van der Waals surface area contributed by atoms with Crippen LogP contribution >= 0.6 is 0 Å². The summed E-state index contributed by atoms with van der Waals surface area (Å²) in [6.07, 6.45) is 0. The molecule has 0 unspecified atom stereocenters. The van der Waals surface area contributed by atoms with Crippen molar-refractivity contribution >= 4 is 0 Å². The molecule has 0 amide bonds. The number of hydrogen-bond donors (Lipinski definition) is 0. The molecule has 0 aromatic heterocycles. The summed E-state index contributed by atoms with van der Waals surface area (Å²) < 4.78 is 30.0. The maximum Gasteiger partial charge on any atom is 4.00 e. The first-order valence-electron chi connectivity index (χ1n) is 0.816. The average molecular weight is 208 g/mol. The van der Waals surface area contributed by atoms with Crippen LogP contribution in [0, 0.1) is 26.6 Å². The third-order valence-electron chi connectivity index (χ3n) is 0. The van der Waals surface area contributed by atoms with Crippen molar-refractivity contribution in [2.75, 3.05) is 0 Å². The first kappa shape index (κ1) is 38.0. The standard InChI is InChI=1S/4CO.Mo/c4*1-2;/q;;;;+4. The predicted octanol–water partition coefficient (Wildman–Crippen LogP) is -0.153. The smallest absolute Gasteiger partial charge is 4.00 e. The van der Waals surface area contributed by atoms with E-state index in [1.54, 1.807) is 0 Å². The van der Waals surface area contributed by atoms with Gasteiger partial charge < -0.3 is 0 Å². The number of rotatable bonds is 0. The van der Waals surface area contributed by atoms with Crippen LogP contribution in [-0.2, 0) is 39.7 Å². The summed E-state index contributed by atoms with van der Waals surface area (Å²) in [5.74, 6) is 0. The second-order valence-corrected chi connectivity index (χ2v) is 0. The summed E-state index contributed by atoms with van der Waals surface area (Å²) in [7, 11) is 0. The van der Waals surface area contributed by atoms with E-state index in [4.69, 9.17) is 18.6 Å². The summed E-state index contributed by atoms with van der Waals surface area (Å²) in [4.78, 5) is 0. The minimum atomic E-state index is 0. The molecule has 0 rings (SSSR count). The summed E-state index contributed by atoms with van der Waals surface area (Å²) >= 11 is 0. The van der Waals surface area contributed by atoms with Gasteiger partial charge in [-0.1, -0.05) is 0 Å². The molecule has 5 heteroatoms. The summed E-state index contributed by atoms with van der Waals surface area (Å²) in [5, 5.41) is 0. The molecule has 9 heavy (non-hydrogen) atoms. The van der Waals surface area contributed by atoms with Crippen molar-refractivity contribution in [3.63, 3.8) is 0 Å². The van der Waals surface area contributed by atoms with Gasteiger partial charge in [0.25, 0.3) is 0 Å². The molecule has 0 atom stereocenters. The third kappa shape index (κ3) is 1970. The largest absolute Gasteiger partial charge is 4.00 e. The zero-order valence-corrected chi connectivity index (χ0v) is 6.05. The topological polar surface area (TPSA) is 79.6 Å². The second kappa shape index (κ2) is 2730. The van der Waals surface area contributed by atoms with Gasteiger partial charge in [-0.15, -0.1) is 0 Å². The minimum absolute atomic E-state index is 0. The van der Waals surface area contributed by atoms with Crippen LogP contribution in [0.2, 0.25) is 0 Å². The molecule has 0 aromatic carbocycles. The Morgan fingerprint density at radius 2 is 0.444 bits per heavy atom. The molecule has 0 aliphatic carbocycles. The van der Waals surface area contributed by atoms with Crippen molar-refractivity contribution in [2.45, 2.75) is 0 Å². The van der Waals surface area contributed by atoms with E-state index in [1.807, 2.05) is 0 Å². The van der Waals surface area contributed by atoms with Gasteiger partial charge >= 0.3 is 66.3 Å². The van der Waals surface area contributed by atoms with Crippen LogP contribution in [0.15, 0.2) is 0 Å². The fraction of sp³-hybridized carbons (Fsp3) is 0. The molecule has 0 aromatic rings. The molecule has 0 aliphatic rings. The van der Waals surface area contributed by atoms with Gasteiger partial charge in [0.05, 0.1) is 0 Å². The van der Waals surface area contributed by atoms with Gasteiger partial charge in [-0.2, -0.15) is 0 Å². The molecule has 0 aliphatic heterocycles. The zero-order chi connectivity index (χ0) is 8.00. The minimum Gasteiger partial charge on any atom is 4.00 e. The Labute approximate surface area is 66.8 Å². The van der Waals surface area contributed by atoms with Crippen molar-refractivity contribution < 1.29 is 39.7 Å². The van der Waals surface area contributed by atoms with E-state index in [0.29, 0.717) is 0 Å². The van der Waals surface area contributed by atoms with Gasteiger partial charge in [-0.3, -0.25) is 0 Å². The van der Waals surface area contributed by atoms with E-state index in [-0.39, 0.29) is 21.1 Å². The Morgan fingerprint density at radius 1 is 0.444 bits per heavy atom. The van der Waals surface area contributed by atoms with Crippen LogP contribution in [0.3, 0.4) is 0 Å². The summed E-state index contributed by atoms with van der Waals surface area (Å²) in [6, 6.07) is 0. The molecular formula is C4MoO4+4. The predicted molar refractivity (Wildman–Crippen MR) is 15.7 cm³/mol. The van der Waals surface area contributed by atoms with E-state index < -0.39 is 0 Å². The third-order valence-corrected chi connectivity index (χ3v) is 0. The Morgan fingerprint density at radius 3 is 0.444 bits per heavy atom. The molecule has 0 saturated heterocycles. The number of hydrogen-bond acceptors (Lipinski definition) is 0. The van der Waals surface area contributed by atoms with E-state index >= 15 is 0 Å². The first-order valence-corrected chi connectivity index (χ1v) is 0.816. The molecule has 0 bridgehead atoms. The molecule has 0 spiro atoms. The van der Waals surface area contributed by atoms with Gasteiger partial charge in [0.2, 0.25) is 0 Å². The molecule has 0 N–H and O–H groups in total. The second-order valence-electron chi connectivity index (χ2n) is 0. The van der Waals surface area contributed by atoms with Gasteiger partial charge in [-0.05, 0) is 0 Å². The molecular weight excluding hydrogens is 208 g/mol. The van der Waals surface area contributed by atoms with Crippen LogP contribution < -0.4 is 0 Å². The fourth-order valence-corrected chi connectivity index (χ4v) is 0. The van der Waals surface area contributed by atoms with Crippen molar-refractivity contribution in [2.24, 2.45) is 0 Å². The Hall–Kier alpha value is -0.352. The first-order chi connectivity index (χ1) is 4.00. The fourth-order valence-electron chi connectivity index (χ4n) is 0. The van der Waals surface area contributed by atoms with Crippen LogP contribution in [0.4, 0.5) is 0 Å². The van der Waals surface area contributed by atoms with Crippen LogP contribution in [0.5, 0.6) is 0 Å². The molecule has 0 saturated carbocycles. The van der Waals surface area contributed by atoms with Gasteiger partial charge in [0.1, 0.15) is 0 Å². The van der Waals surface area contributed by atoms with E-state index in [1.165, 1.54) is 0 Å². The summed E-state index contributed by atoms with van der Waals surface area (Å²) in [5.41, 5.74) is 0. The van der Waals surface area contributed by atoms with Crippen LogP contribution in [0.1, 0.15) is 0 Å². The Balaban J connectivity index is -0.00000000762. The SMILES string of the molecule is [C-]#[O+].[C-]#[O+].[C-]#[O+].[C-]#[O+].[Mo+4]. The van der Waals surface area contributed by atoms with Crippen molar-refractivity contribution in [1.82, 2.24) is 0 Å². The molecule has 4 nitrogen and oxygen atoms in total. The van der Waals surface area contributed by atoms with E-state index in [0.717, 1.165) is 0 Å². The van der Waals surface area contributed by atoms with Gasteiger partial charge in [-0.25, -0.2) is 0 Å². The normalized spacial score (nSPS) is 0.889. The van der Waals surface area contributed by atoms with E-state index in [2.05, 4.69) is 26.6 Å². The molecule has 0 radical (unpaired) electrons. The molecule has 0 heterocycles. The van der Waals surface area contributed by atoms with Gasteiger partial charge in [0, 0.05) is 0 Å². The maximum atomic E-state index is 7.50. The molecule has 0 fully saturated rings. The van der Waals surface area contributed by atoms with E-state index in [9.17, 15) is 0 Å². The van der Waals surface area contributed by atoms with Crippen LogP contribution in [0.25, 0.3) is 0 Å². The van der Waals surface area contributed by atoms with Crippen molar-refractivity contribution in [3.8, 4) is 0 Å². The maximum absolute atomic E-state index is 7.50. The zero-order valence-electron chi connectivity index (χ0n) is 4.04. The molecule has 42 valence electrons.